The third kappa shape index (κ3) is 3.15. The molecule has 0 aliphatic rings. The highest BCUT2D eigenvalue weighted by Crippen LogP contribution is 2.13. The molecule has 1 nitrogen and oxygen atoms in total. The van der Waals surface area contributed by atoms with Gasteiger partial charge in [-0.3, -0.25) is 0 Å². The summed E-state index contributed by atoms with van der Waals surface area (Å²) >= 11 is 0. The minimum absolute atomic E-state index is 0.439. The van der Waals surface area contributed by atoms with Crippen LogP contribution in [0.4, 0.5) is 0 Å². The SMILES string of the molecule is CC(C)[C@@H](C)N[C@H](C)c1ccccc1. The largest absolute Gasteiger partial charge is 0.307 e. The molecule has 0 aromatic heterocycles. The molecule has 78 valence electrons. The van der Waals surface area contributed by atoms with Gasteiger partial charge in [-0.2, -0.15) is 0 Å². The predicted octanol–water partition coefficient (Wildman–Crippen LogP) is 3.38. The molecule has 0 amide bonds. The Kier molecular flexibility index (Phi) is 4.15. The molecular formula is C13H21N. The molecule has 1 aromatic rings. The Balaban J connectivity index is 2.55. The van der Waals surface area contributed by atoms with E-state index in [9.17, 15) is 0 Å². The van der Waals surface area contributed by atoms with Gasteiger partial charge < -0.3 is 5.32 Å². The fraction of sp³-hybridized carbons (Fsp3) is 0.538. The van der Waals surface area contributed by atoms with E-state index in [1.54, 1.807) is 0 Å². The molecule has 0 aliphatic carbocycles. The van der Waals surface area contributed by atoms with Crippen LogP contribution in [-0.4, -0.2) is 6.04 Å². The van der Waals surface area contributed by atoms with Crippen LogP contribution in [0.25, 0.3) is 0 Å². The summed E-state index contributed by atoms with van der Waals surface area (Å²) in [6.45, 7) is 8.95. The van der Waals surface area contributed by atoms with Gasteiger partial charge in [0.2, 0.25) is 0 Å². The number of benzene rings is 1. The fourth-order valence-electron chi connectivity index (χ4n) is 1.42. The molecule has 0 aliphatic heterocycles. The van der Waals surface area contributed by atoms with Gasteiger partial charge in [0.25, 0.3) is 0 Å². The second-order valence-electron chi connectivity index (χ2n) is 4.33. The number of nitrogens with one attached hydrogen (secondary N) is 1. The van der Waals surface area contributed by atoms with E-state index in [1.165, 1.54) is 5.56 Å². The molecule has 1 rings (SSSR count). The summed E-state index contributed by atoms with van der Waals surface area (Å²) in [6.07, 6.45) is 0. The zero-order valence-electron chi connectivity index (χ0n) is 9.62. The standard InChI is InChI=1S/C13H21N/c1-10(2)11(3)14-12(4)13-8-6-5-7-9-13/h5-12,14H,1-4H3/t11-,12-/m1/s1. The van der Waals surface area contributed by atoms with E-state index >= 15 is 0 Å². The Morgan fingerprint density at radius 2 is 1.50 bits per heavy atom. The molecule has 0 bridgehead atoms. The van der Waals surface area contributed by atoms with E-state index < -0.39 is 0 Å². The Hall–Kier alpha value is -0.820. The van der Waals surface area contributed by atoms with Gasteiger partial charge >= 0.3 is 0 Å². The van der Waals surface area contributed by atoms with Crippen LogP contribution >= 0.6 is 0 Å². The van der Waals surface area contributed by atoms with Crippen LogP contribution in [0.15, 0.2) is 30.3 Å². The number of hydrogen-bond donors (Lipinski definition) is 1. The maximum atomic E-state index is 3.60. The fourth-order valence-corrected chi connectivity index (χ4v) is 1.42. The Bertz CT molecular complexity index is 253. The molecule has 1 heteroatoms. The molecule has 2 atom stereocenters. The predicted molar refractivity (Wildman–Crippen MR) is 62.3 cm³/mol. The molecule has 0 saturated carbocycles. The van der Waals surface area contributed by atoms with Crippen molar-refractivity contribution in [1.82, 2.24) is 5.32 Å². The Morgan fingerprint density at radius 1 is 0.929 bits per heavy atom. The second-order valence-corrected chi connectivity index (χ2v) is 4.33. The average Bonchev–Trinajstić information content (AvgIpc) is 2.19. The molecule has 0 heterocycles. The highest BCUT2D eigenvalue weighted by Gasteiger charge is 2.11. The van der Waals surface area contributed by atoms with Gasteiger partial charge in [0.1, 0.15) is 0 Å². The lowest BCUT2D eigenvalue weighted by Gasteiger charge is -2.23. The summed E-state index contributed by atoms with van der Waals surface area (Å²) in [5.74, 6) is 0.682. The lowest BCUT2D eigenvalue weighted by atomic mass is 10.0. The van der Waals surface area contributed by atoms with Gasteiger partial charge in [-0.25, -0.2) is 0 Å². The van der Waals surface area contributed by atoms with Crippen molar-refractivity contribution in [3.8, 4) is 0 Å². The first-order valence-corrected chi connectivity index (χ1v) is 5.42. The zero-order valence-corrected chi connectivity index (χ0v) is 9.62. The minimum atomic E-state index is 0.439. The van der Waals surface area contributed by atoms with Crippen LogP contribution < -0.4 is 5.32 Å². The van der Waals surface area contributed by atoms with Gasteiger partial charge in [0.05, 0.1) is 0 Å². The van der Waals surface area contributed by atoms with Crippen molar-refractivity contribution < 1.29 is 0 Å². The molecule has 0 spiro atoms. The maximum absolute atomic E-state index is 3.60. The quantitative estimate of drug-likeness (QED) is 0.769. The summed E-state index contributed by atoms with van der Waals surface area (Å²) in [5, 5.41) is 3.60. The normalized spacial score (nSPS) is 15.5. The number of rotatable bonds is 4. The summed E-state index contributed by atoms with van der Waals surface area (Å²) < 4.78 is 0. The van der Waals surface area contributed by atoms with Gasteiger partial charge in [-0.1, -0.05) is 44.2 Å². The van der Waals surface area contributed by atoms with E-state index in [-0.39, 0.29) is 0 Å². The van der Waals surface area contributed by atoms with Crippen molar-refractivity contribution in [3.05, 3.63) is 35.9 Å². The van der Waals surface area contributed by atoms with Crippen molar-refractivity contribution in [2.24, 2.45) is 5.92 Å². The third-order valence-electron chi connectivity index (χ3n) is 2.81. The summed E-state index contributed by atoms with van der Waals surface area (Å²) in [6, 6.07) is 11.6. The topological polar surface area (TPSA) is 12.0 Å². The van der Waals surface area contributed by atoms with Crippen molar-refractivity contribution in [2.45, 2.75) is 39.8 Å². The molecular weight excluding hydrogens is 170 g/mol. The lowest BCUT2D eigenvalue weighted by molar-refractivity contribution is 0.389. The lowest BCUT2D eigenvalue weighted by Crippen LogP contribution is -2.32. The van der Waals surface area contributed by atoms with Crippen LogP contribution in [0.1, 0.15) is 39.3 Å². The first-order valence-electron chi connectivity index (χ1n) is 5.42. The van der Waals surface area contributed by atoms with Crippen LogP contribution in [0.2, 0.25) is 0 Å². The zero-order chi connectivity index (χ0) is 10.6. The first kappa shape index (κ1) is 11.3. The highest BCUT2D eigenvalue weighted by molar-refractivity contribution is 5.18. The van der Waals surface area contributed by atoms with E-state index in [1.807, 2.05) is 0 Å². The minimum Gasteiger partial charge on any atom is -0.307 e. The number of hydrogen-bond acceptors (Lipinski definition) is 1. The van der Waals surface area contributed by atoms with Crippen molar-refractivity contribution in [1.29, 1.82) is 0 Å². The monoisotopic (exact) mass is 191 g/mol. The second kappa shape index (κ2) is 5.16. The Labute approximate surface area is 87.5 Å². The smallest absolute Gasteiger partial charge is 0.0294 e. The highest BCUT2D eigenvalue weighted by atomic mass is 14.9. The van der Waals surface area contributed by atoms with Crippen molar-refractivity contribution in [3.63, 3.8) is 0 Å². The molecule has 14 heavy (non-hydrogen) atoms. The van der Waals surface area contributed by atoms with E-state index in [0.717, 1.165) is 0 Å². The summed E-state index contributed by atoms with van der Waals surface area (Å²) in [5.41, 5.74) is 1.36. The maximum Gasteiger partial charge on any atom is 0.0294 e. The Morgan fingerprint density at radius 3 is 2.00 bits per heavy atom. The molecule has 0 radical (unpaired) electrons. The van der Waals surface area contributed by atoms with Gasteiger partial charge in [-0.05, 0) is 25.3 Å². The van der Waals surface area contributed by atoms with Crippen molar-refractivity contribution >= 4 is 0 Å². The molecule has 1 N–H and O–H groups in total. The summed E-state index contributed by atoms with van der Waals surface area (Å²) in [7, 11) is 0. The van der Waals surface area contributed by atoms with Crippen molar-refractivity contribution in [2.75, 3.05) is 0 Å². The third-order valence-corrected chi connectivity index (χ3v) is 2.81. The van der Waals surface area contributed by atoms with E-state index in [4.69, 9.17) is 0 Å². The molecule has 0 unspecified atom stereocenters. The van der Waals surface area contributed by atoms with Crippen LogP contribution in [-0.2, 0) is 0 Å². The van der Waals surface area contributed by atoms with Crippen LogP contribution in [0, 0.1) is 5.92 Å². The van der Waals surface area contributed by atoms with Gasteiger partial charge in [0, 0.05) is 12.1 Å². The molecule has 0 saturated heterocycles. The molecule has 1 aromatic carbocycles. The van der Waals surface area contributed by atoms with Gasteiger partial charge in [0.15, 0.2) is 0 Å². The van der Waals surface area contributed by atoms with Crippen LogP contribution in [0.5, 0.6) is 0 Å². The van der Waals surface area contributed by atoms with E-state index in [0.29, 0.717) is 18.0 Å². The summed E-state index contributed by atoms with van der Waals surface area (Å²) in [4.78, 5) is 0. The average molecular weight is 191 g/mol. The molecule has 0 fully saturated rings. The first-order chi connectivity index (χ1) is 6.61. The van der Waals surface area contributed by atoms with Crippen LogP contribution in [0.3, 0.4) is 0 Å². The van der Waals surface area contributed by atoms with E-state index in [2.05, 4.69) is 63.3 Å². The van der Waals surface area contributed by atoms with Gasteiger partial charge in [-0.15, -0.1) is 0 Å².